The van der Waals surface area contributed by atoms with Crippen LogP contribution in [0.25, 0.3) is 90.9 Å². The summed E-state index contributed by atoms with van der Waals surface area (Å²) in [6, 6.07) is 40.8. The van der Waals surface area contributed by atoms with Crippen LogP contribution in [-0.4, -0.2) is 207 Å². The molecule has 8 bridgehead atoms. The Labute approximate surface area is 538 Å². The molecule has 0 saturated heterocycles. The summed E-state index contributed by atoms with van der Waals surface area (Å²) in [5.74, 6) is 2.84. The highest BCUT2D eigenvalue weighted by Gasteiger charge is 2.20. The smallest absolute Gasteiger partial charge is 0.119 e. The number of nitrogens with zero attached hydrogens (tertiary/aromatic N) is 2. The van der Waals surface area contributed by atoms with Crippen LogP contribution in [-0.2, 0) is 56.8 Å². The van der Waals surface area contributed by atoms with Crippen LogP contribution in [0.15, 0.2) is 121 Å². The van der Waals surface area contributed by atoms with Crippen molar-refractivity contribution in [3.63, 3.8) is 0 Å². The lowest BCUT2D eigenvalue weighted by atomic mass is 10.0. The molecule has 0 fully saturated rings. The van der Waals surface area contributed by atoms with E-state index in [-0.39, 0.29) is 0 Å². The van der Waals surface area contributed by atoms with Crippen molar-refractivity contribution in [2.45, 2.75) is 0 Å². The van der Waals surface area contributed by atoms with Gasteiger partial charge in [-0.15, -0.1) is 0 Å². The van der Waals surface area contributed by atoms with Crippen LogP contribution in [0.3, 0.4) is 0 Å². The number of aromatic nitrogens is 4. The molecule has 0 saturated carbocycles. The zero-order valence-corrected chi connectivity index (χ0v) is 53.3. The summed E-state index contributed by atoms with van der Waals surface area (Å²) in [7, 11) is 6.61. The molecule has 2 aliphatic heterocycles. The molecule has 2 N–H and O–H groups in total. The van der Waals surface area contributed by atoms with E-state index in [1.807, 2.05) is 48.5 Å². The van der Waals surface area contributed by atoms with E-state index < -0.39 is 0 Å². The molecule has 9 rings (SSSR count). The van der Waals surface area contributed by atoms with E-state index in [1.54, 1.807) is 28.4 Å². The van der Waals surface area contributed by atoms with Crippen LogP contribution in [0.2, 0.25) is 0 Å². The fraction of sp³-hybridized carbons (Fsp3) is 0.389. The van der Waals surface area contributed by atoms with Crippen molar-refractivity contribution in [3.8, 4) is 67.5 Å². The van der Waals surface area contributed by atoms with Crippen molar-refractivity contribution in [3.05, 3.63) is 144 Å². The van der Waals surface area contributed by atoms with Gasteiger partial charge in [0.1, 0.15) is 49.4 Å². The first-order chi connectivity index (χ1) is 45.5. The summed E-state index contributed by atoms with van der Waals surface area (Å²) < 4.78 is 90.1. The summed E-state index contributed by atoms with van der Waals surface area (Å²) in [4.78, 5) is 18.8. The maximum absolute atomic E-state index is 6.16. The van der Waals surface area contributed by atoms with Crippen molar-refractivity contribution < 1.29 is 75.8 Å². The first kappa shape index (κ1) is 68.6. The minimum Gasteiger partial charge on any atom is -0.491 e. The topological polar surface area (TPSA) is 205 Å². The molecule has 0 amide bonds. The Morgan fingerprint density at radius 2 is 0.413 bits per heavy atom. The van der Waals surface area contributed by atoms with Crippen molar-refractivity contribution >= 4 is 46.4 Å². The third-order valence-electron chi connectivity index (χ3n) is 14.5. The van der Waals surface area contributed by atoms with Crippen LogP contribution in [0, 0.1) is 0 Å². The van der Waals surface area contributed by atoms with Gasteiger partial charge in [0.05, 0.1) is 155 Å². The average molecular weight is 1260 g/mol. The van der Waals surface area contributed by atoms with Crippen molar-refractivity contribution in [2.24, 2.45) is 0 Å². The van der Waals surface area contributed by atoms with Crippen molar-refractivity contribution in [1.82, 2.24) is 19.9 Å². The summed E-state index contributed by atoms with van der Waals surface area (Å²) in [6.45, 7) is 11.2. The molecule has 4 aromatic carbocycles. The molecule has 0 aliphatic carbocycles. The molecule has 2 aliphatic rings. The molecular formula is C72H86N4O16. The largest absolute Gasteiger partial charge is 0.491 e. The number of methoxy groups -OCH3 is 4. The Balaban J connectivity index is 1.10. The average Bonchev–Trinajstić information content (AvgIpc) is 1.63. The predicted molar refractivity (Wildman–Crippen MR) is 357 cm³/mol. The number of nitrogens with one attached hydrogen (secondary N) is 2. The molecule has 0 atom stereocenters. The third-order valence-corrected chi connectivity index (χ3v) is 14.5. The first-order valence-electron chi connectivity index (χ1n) is 31.2. The third kappa shape index (κ3) is 21.1. The van der Waals surface area contributed by atoms with E-state index in [1.165, 1.54) is 0 Å². The highest BCUT2D eigenvalue weighted by atomic mass is 16.6. The Kier molecular flexibility index (Phi) is 29.0. The van der Waals surface area contributed by atoms with Gasteiger partial charge in [-0.2, -0.15) is 0 Å². The van der Waals surface area contributed by atoms with E-state index in [4.69, 9.17) is 85.8 Å². The molecule has 490 valence electrons. The summed E-state index contributed by atoms with van der Waals surface area (Å²) >= 11 is 0. The first-order valence-corrected chi connectivity index (χ1v) is 31.2. The van der Waals surface area contributed by atoms with E-state index >= 15 is 0 Å². The lowest BCUT2D eigenvalue weighted by Crippen LogP contribution is -2.12. The van der Waals surface area contributed by atoms with Crippen molar-refractivity contribution in [2.75, 3.05) is 187 Å². The second-order valence-electron chi connectivity index (χ2n) is 20.9. The molecule has 7 aromatic rings. The number of hydrogen-bond acceptors (Lipinski definition) is 18. The lowest BCUT2D eigenvalue weighted by Gasteiger charge is -2.10. The number of H-pyrrole nitrogens is 2. The zero-order chi connectivity index (χ0) is 63.6. The van der Waals surface area contributed by atoms with Crippen LogP contribution >= 0.6 is 0 Å². The Morgan fingerprint density at radius 3 is 0.609 bits per heavy atom. The number of ether oxygens (including phenoxy) is 16. The fourth-order valence-electron chi connectivity index (χ4n) is 10.0. The number of rotatable bonds is 44. The SMILES string of the molecule is COCCOCCOCCOc1ccc(-c2c3nc(c(-c4ccc(OCCOCCOCCOC)cc4)c4ccc([nH]4)c(-c4ccc(OCCOCCOCCOC)cc4)c4nc(c(-c5ccc(OCCOCCOCCOC)cc5)c5ccc2[nH]5)C=C4)C=C3)cc1. The van der Waals surface area contributed by atoms with E-state index in [0.29, 0.717) is 182 Å². The van der Waals surface area contributed by atoms with Gasteiger partial charge in [0.2, 0.25) is 0 Å². The molecule has 0 unspecified atom stereocenters. The highest BCUT2D eigenvalue weighted by Crippen LogP contribution is 2.40. The van der Waals surface area contributed by atoms with Crippen LogP contribution in [0.5, 0.6) is 23.0 Å². The summed E-state index contributed by atoms with van der Waals surface area (Å²) in [6.07, 6.45) is 8.32. The van der Waals surface area contributed by atoms with Gasteiger partial charge < -0.3 is 85.8 Å². The second kappa shape index (κ2) is 38.9. The number of aromatic amines is 2. The maximum atomic E-state index is 6.16. The fourth-order valence-corrected chi connectivity index (χ4v) is 10.0. The number of hydrogen-bond donors (Lipinski definition) is 2. The molecule has 3 aromatic heterocycles. The molecule has 0 spiro atoms. The molecular weight excluding hydrogens is 1180 g/mol. The number of benzene rings is 4. The van der Waals surface area contributed by atoms with Crippen LogP contribution in [0.4, 0.5) is 0 Å². The standard InChI is InChI=1S/C72H86N4O16/c1-77-29-33-81-37-41-85-45-49-89-57-13-5-53(6-14-57)69-61-21-23-63(73-61)70(54-7-15-58(16-8-54)90-50-46-86-42-38-82-34-30-78-2)65-25-27-67(75-65)72(56-11-19-60(20-12-56)92-52-48-88-44-40-84-36-32-80-4)68-28-26-66(76-68)71(64-24-22-62(69)74-64)55-9-17-59(18-10-55)91-51-47-87-43-39-83-35-31-79-3/h5-28,73,76H,29-52H2,1-4H3. The predicted octanol–water partition coefficient (Wildman–Crippen LogP) is 11.6. The van der Waals surface area contributed by atoms with Gasteiger partial charge in [-0.05, 0) is 119 Å². The Hall–Kier alpha value is -7.80. The highest BCUT2D eigenvalue weighted by molar-refractivity contribution is 6.00. The summed E-state index contributed by atoms with van der Waals surface area (Å²) in [5.41, 5.74) is 13.7. The molecule has 5 heterocycles. The quantitative estimate of drug-likeness (QED) is 0.0341. The van der Waals surface area contributed by atoms with Crippen molar-refractivity contribution in [1.29, 1.82) is 0 Å². The minimum atomic E-state index is 0.377. The van der Waals surface area contributed by atoms with Crippen LogP contribution in [0.1, 0.15) is 22.8 Å². The second-order valence-corrected chi connectivity index (χ2v) is 20.9. The zero-order valence-electron chi connectivity index (χ0n) is 53.3. The molecule has 0 radical (unpaired) electrons. The van der Waals surface area contributed by atoms with Gasteiger partial charge in [0.15, 0.2) is 0 Å². The Bertz CT molecular complexity index is 3060. The normalized spacial score (nSPS) is 11.9. The van der Waals surface area contributed by atoms with E-state index in [2.05, 4.69) is 107 Å². The number of fused-ring (bicyclic) bond motifs is 8. The van der Waals surface area contributed by atoms with Gasteiger partial charge in [0, 0.05) is 72.8 Å². The summed E-state index contributed by atoms with van der Waals surface area (Å²) in [5, 5.41) is 0. The van der Waals surface area contributed by atoms with Crippen LogP contribution < -0.4 is 18.9 Å². The van der Waals surface area contributed by atoms with Gasteiger partial charge in [0.25, 0.3) is 0 Å². The maximum Gasteiger partial charge on any atom is 0.119 e. The minimum absolute atomic E-state index is 0.377. The monoisotopic (exact) mass is 1260 g/mol. The van der Waals surface area contributed by atoms with Gasteiger partial charge >= 0.3 is 0 Å². The van der Waals surface area contributed by atoms with Gasteiger partial charge in [-0.25, -0.2) is 9.97 Å². The lowest BCUT2D eigenvalue weighted by molar-refractivity contribution is 0.0180. The molecule has 20 heteroatoms. The van der Waals surface area contributed by atoms with Gasteiger partial charge in [-0.1, -0.05) is 48.5 Å². The van der Waals surface area contributed by atoms with Gasteiger partial charge in [-0.3, -0.25) is 0 Å². The van der Waals surface area contributed by atoms with E-state index in [9.17, 15) is 0 Å². The molecule has 92 heavy (non-hydrogen) atoms. The Morgan fingerprint density at radius 1 is 0.228 bits per heavy atom. The molecule has 20 nitrogen and oxygen atoms in total. The van der Waals surface area contributed by atoms with E-state index in [0.717, 1.165) is 89.4 Å².